The summed E-state index contributed by atoms with van der Waals surface area (Å²) in [5.74, 6) is -0.364. The first-order valence-corrected chi connectivity index (χ1v) is 8.68. The second kappa shape index (κ2) is 9.43. The van der Waals surface area contributed by atoms with Crippen LogP contribution >= 0.6 is 23.2 Å². The van der Waals surface area contributed by atoms with E-state index in [0.717, 1.165) is 0 Å². The molecule has 0 aliphatic rings. The van der Waals surface area contributed by atoms with E-state index in [-0.39, 0.29) is 22.4 Å². The molecule has 2 rings (SSSR count). The van der Waals surface area contributed by atoms with Gasteiger partial charge in [-0.1, -0.05) is 23.2 Å². The number of hydrogen-bond donors (Lipinski definition) is 1. The fourth-order valence-electron chi connectivity index (χ4n) is 2.03. The number of halogens is 2. The summed E-state index contributed by atoms with van der Waals surface area (Å²) >= 11 is 11.9. The van der Waals surface area contributed by atoms with E-state index in [1.54, 1.807) is 6.07 Å². The van der Waals surface area contributed by atoms with Crippen molar-refractivity contribution in [1.29, 1.82) is 0 Å². The quantitative estimate of drug-likeness (QED) is 0.691. The Labute approximate surface area is 166 Å². The van der Waals surface area contributed by atoms with Gasteiger partial charge in [0, 0.05) is 6.20 Å². The summed E-state index contributed by atoms with van der Waals surface area (Å²) in [6.07, 6.45) is 1.26. The molecule has 27 heavy (non-hydrogen) atoms. The number of amides is 1. The number of methoxy groups -OCH3 is 1. The third-order valence-corrected chi connectivity index (χ3v) is 3.65. The lowest BCUT2D eigenvalue weighted by Gasteiger charge is -2.16. The Balaban J connectivity index is 2.01. The molecule has 1 aromatic heterocycles. The Morgan fingerprint density at radius 1 is 1.22 bits per heavy atom. The van der Waals surface area contributed by atoms with Crippen LogP contribution in [0.3, 0.4) is 0 Å². The van der Waals surface area contributed by atoms with Gasteiger partial charge in [0.1, 0.15) is 5.82 Å². The van der Waals surface area contributed by atoms with Crippen molar-refractivity contribution in [3.8, 4) is 11.5 Å². The normalized spacial score (nSPS) is 10.4. The molecule has 9 heteroatoms. The Hall–Kier alpha value is -2.51. The highest BCUT2D eigenvalue weighted by Crippen LogP contribution is 2.37. The maximum Gasteiger partial charge on any atom is 0.338 e. The molecule has 0 aliphatic heterocycles. The molecule has 1 aromatic carbocycles. The summed E-state index contributed by atoms with van der Waals surface area (Å²) in [5, 5.41) is 3.12. The molecule has 1 heterocycles. The van der Waals surface area contributed by atoms with Crippen molar-refractivity contribution in [3.63, 3.8) is 0 Å². The van der Waals surface area contributed by atoms with Gasteiger partial charge in [0.25, 0.3) is 5.91 Å². The summed E-state index contributed by atoms with van der Waals surface area (Å²) in [6, 6.07) is 5.93. The van der Waals surface area contributed by atoms with Crippen LogP contribution < -0.4 is 14.8 Å². The summed E-state index contributed by atoms with van der Waals surface area (Å²) in [5.41, 5.74) is 0.130. The molecule has 0 atom stereocenters. The minimum Gasteiger partial charge on any atom is -0.493 e. The molecule has 1 N–H and O–H groups in total. The van der Waals surface area contributed by atoms with Gasteiger partial charge in [0.2, 0.25) is 0 Å². The van der Waals surface area contributed by atoms with Gasteiger partial charge in [-0.2, -0.15) is 0 Å². The number of esters is 1. The van der Waals surface area contributed by atoms with Crippen LogP contribution in [0.4, 0.5) is 5.82 Å². The van der Waals surface area contributed by atoms with Crippen molar-refractivity contribution in [1.82, 2.24) is 4.98 Å². The maximum absolute atomic E-state index is 12.2. The molecule has 0 spiro atoms. The Morgan fingerprint density at radius 2 is 1.96 bits per heavy atom. The highest BCUT2D eigenvalue weighted by atomic mass is 35.5. The van der Waals surface area contributed by atoms with Crippen molar-refractivity contribution in [2.75, 3.05) is 19.0 Å². The number of nitrogens with zero attached hydrogens (tertiary/aromatic N) is 1. The van der Waals surface area contributed by atoms with Gasteiger partial charge in [0.15, 0.2) is 18.1 Å². The van der Waals surface area contributed by atoms with Gasteiger partial charge >= 0.3 is 5.97 Å². The first-order valence-electron chi connectivity index (χ1n) is 7.93. The molecule has 0 fully saturated rings. The monoisotopic (exact) mass is 412 g/mol. The Morgan fingerprint density at radius 3 is 2.56 bits per heavy atom. The average Bonchev–Trinajstić information content (AvgIpc) is 2.62. The van der Waals surface area contributed by atoms with Crippen LogP contribution in [0.1, 0.15) is 24.2 Å². The fourth-order valence-corrected chi connectivity index (χ4v) is 2.40. The standard InChI is InChI=1S/C18H18Cl2N2O5/c1-10(2)27-17-13(20)6-11(7-14(17)25-3)18(24)26-9-16(23)22-15-5-4-12(19)8-21-15/h4-8,10H,9H2,1-3H3,(H,21,22,23). The topological polar surface area (TPSA) is 86.8 Å². The second-order valence-corrected chi connectivity index (χ2v) is 6.49. The molecule has 0 saturated carbocycles. The number of carbonyl (C=O) groups excluding carboxylic acids is 2. The molecular weight excluding hydrogens is 395 g/mol. The molecule has 0 bridgehead atoms. The van der Waals surface area contributed by atoms with Gasteiger partial charge in [-0.05, 0) is 38.1 Å². The molecule has 2 aromatic rings. The zero-order valence-corrected chi connectivity index (χ0v) is 16.4. The maximum atomic E-state index is 12.2. The third-order valence-electron chi connectivity index (χ3n) is 3.15. The molecule has 1 amide bonds. The van der Waals surface area contributed by atoms with E-state index in [4.69, 9.17) is 37.4 Å². The first kappa shape index (κ1) is 20.8. The number of hydrogen-bond acceptors (Lipinski definition) is 6. The summed E-state index contributed by atoms with van der Waals surface area (Å²) in [6.45, 7) is 3.19. The molecule has 0 aliphatic carbocycles. The minimum absolute atomic E-state index is 0.126. The van der Waals surface area contributed by atoms with Crippen LogP contribution in [-0.4, -0.2) is 36.7 Å². The van der Waals surface area contributed by atoms with Gasteiger partial charge in [0.05, 0.1) is 28.8 Å². The number of rotatable bonds is 7. The number of pyridine rings is 1. The number of anilines is 1. The van der Waals surface area contributed by atoms with Gasteiger partial charge < -0.3 is 19.5 Å². The molecule has 7 nitrogen and oxygen atoms in total. The average molecular weight is 413 g/mol. The van der Waals surface area contributed by atoms with Gasteiger partial charge in [-0.15, -0.1) is 0 Å². The van der Waals surface area contributed by atoms with E-state index in [1.165, 1.54) is 31.5 Å². The van der Waals surface area contributed by atoms with Crippen molar-refractivity contribution in [3.05, 3.63) is 46.1 Å². The van der Waals surface area contributed by atoms with E-state index < -0.39 is 18.5 Å². The Bertz CT molecular complexity index is 825. The predicted octanol–water partition coefficient (Wildman–Crippen LogP) is 3.98. The van der Waals surface area contributed by atoms with E-state index >= 15 is 0 Å². The Kier molecular flexibility index (Phi) is 7.27. The van der Waals surface area contributed by atoms with Crippen molar-refractivity contribution in [2.24, 2.45) is 0 Å². The van der Waals surface area contributed by atoms with Crippen molar-refractivity contribution < 1.29 is 23.8 Å². The van der Waals surface area contributed by atoms with Crippen LogP contribution in [0, 0.1) is 0 Å². The SMILES string of the molecule is COc1cc(C(=O)OCC(=O)Nc2ccc(Cl)cn2)cc(Cl)c1OC(C)C. The zero-order valence-electron chi connectivity index (χ0n) is 14.9. The first-order chi connectivity index (χ1) is 12.8. The van der Waals surface area contributed by atoms with Crippen LogP contribution in [0.15, 0.2) is 30.5 Å². The number of nitrogens with one attached hydrogen (secondary N) is 1. The fraction of sp³-hybridized carbons (Fsp3) is 0.278. The van der Waals surface area contributed by atoms with E-state index in [9.17, 15) is 9.59 Å². The largest absolute Gasteiger partial charge is 0.493 e. The van der Waals surface area contributed by atoms with E-state index in [2.05, 4.69) is 10.3 Å². The third kappa shape index (κ3) is 6.01. The zero-order chi connectivity index (χ0) is 20.0. The lowest BCUT2D eigenvalue weighted by atomic mass is 10.2. The van der Waals surface area contributed by atoms with Crippen LogP contribution in [-0.2, 0) is 9.53 Å². The number of carbonyl (C=O) groups is 2. The number of benzene rings is 1. The lowest BCUT2D eigenvalue weighted by Crippen LogP contribution is -2.21. The second-order valence-electron chi connectivity index (χ2n) is 5.64. The van der Waals surface area contributed by atoms with E-state index in [1.807, 2.05) is 13.8 Å². The smallest absolute Gasteiger partial charge is 0.338 e. The highest BCUT2D eigenvalue weighted by Gasteiger charge is 2.18. The molecular formula is C18H18Cl2N2O5. The summed E-state index contributed by atoms with van der Waals surface area (Å²) in [4.78, 5) is 28.0. The minimum atomic E-state index is -0.731. The highest BCUT2D eigenvalue weighted by molar-refractivity contribution is 6.32. The molecule has 0 unspecified atom stereocenters. The van der Waals surface area contributed by atoms with Crippen LogP contribution in [0.25, 0.3) is 0 Å². The number of ether oxygens (including phenoxy) is 3. The van der Waals surface area contributed by atoms with Crippen molar-refractivity contribution in [2.45, 2.75) is 20.0 Å². The van der Waals surface area contributed by atoms with Gasteiger partial charge in [-0.3, -0.25) is 4.79 Å². The predicted molar refractivity (Wildman–Crippen MR) is 102 cm³/mol. The molecule has 0 radical (unpaired) electrons. The lowest BCUT2D eigenvalue weighted by molar-refractivity contribution is -0.119. The van der Waals surface area contributed by atoms with Crippen LogP contribution in [0.5, 0.6) is 11.5 Å². The molecule has 144 valence electrons. The van der Waals surface area contributed by atoms with Crippen molar-refractivity contribution >= 4 is 40.9 Å². The van der Waals surface area contributed by atoms with Gasteiger partial charge in [-0.25, -0.2) is 9.78 Å². The summed E-state index contributed by atoms with van der Waals surface area (Å²) < 4.78 is 15.8. The van der Waals surface area contributed by atoms with E-state index in [0.29, 0.717) is 16.6 Å². The molecule has 0 saturated heterocycles. The summed E-state index contributed by atoms with van der Waals surface area (Å²) in [7, 11) is 1.43. The number of aromatic nitrogens is 1. The van der Waals surface area contributed by atoms with Crippen LogP contribution in [0.2, 0.25) is 10.0 Å².